The van der Waals surface area contributed by atoms with E-state index in [0.29, 0.717) is 25.5 Å². The van der Waals surface area contributed by atoms with Gasteiger partial charge in [0.25, 0.3) is 0 Å². The van der Waals surface area contributed by atoms with Crippen LogP contribution in [0.4, 0.5) is 5.69 Å². The number of ether oxygens (including phenoxy) is 2. The SMILES string of the molecule is COc1cc(CNC(=O)CCCC/C=C/C(C)C)ccc1OCCCCCCCCNc1c2c(nc3ccccc13)CCCC2. The molecule has 6 heteroatoms. The molecule has 6 nitrogen and oxygen atoms in total. The van der Waals surface area contributed by atoms with Crippen molar-refractivity contribution < 1.29 is 14.3 Å². The quantitative estimate of drug-likeness (QED) is 0.0981. The number of carbonyl (C=O) groups excluding carboxylic acids is 1. The first-order valence-electron chi connectivity index (χ1n) is 17.4. The van der Waals surface area contributed by atoms with Crippen LogP contribution < -0.4 is 20.1 Å². The number of carbonyl (C=O) groups is 1. The number of aryl methyl sites for hydroxylation is 1. The average molecular weight is 614 g/mol. The average Bonchev–Trinajstić information content (AvgIpc) is 3.05. The second kappa shape index (κ2) is 19.1. The van der Waals surface area contributed by atoms with Crippen LogP contribution in [-0.2, 0) is 24.2 Å². The Morgan fingerprint density at radius 2 is 1.73 bits per heavy atom. The van der Waals surface area contributed by atoms with Crippen molar-refractivity contribution >= 4 is 22.5 Å². The Bertz CT molecular complexity index is 1370. The van der Waals surface area contributed by atoms with E-state index in [1.807, 2.05) is 18.2 Å². The Morgan fingerprint density at radius 1 is 0.933 bits per heavy atom. The van der Waals surface area contributed by atoms with Crippen molar-refractivity contribution in [2.75, 3.05) is 25.6 Å². The van der Waals surface area contributed by atoms with Crippen LogP contribution in [0.2, 0.25) is 0 Å². The molecular weight excluding hydrogens is 558 g/mol. The van der Waals surface area contributed by atoms with Gasteiger partial charge in [-0.15, -0.1) is 0 Å². The van der Waals surface area contributed by atoms with Gasteiger partial charge in [0.15, 0.2) is 11.5 Å². The highest BCUT2D eigenvalue weighted by atomic mass is 16.5. The van der Waals surface area contributed by atoms with E-state index in [-0.39, 0.29) is 5.91 Å². The smallest absolute Gasteiger partial charge is 0.220 e. The fourth-order valence-corrected chi connectivity index (χ4v) is 6.05. The number of benzene rings is 2. The molecule has 0 unspecified atom stereocenters. The van der Waals surface area contributed by atoms with E-state index in [1.165, 1.54) is 60.9 Å². The molecule has 0 aliphatic heterocycles. The number of pyridine rings is 1. The predicted octanol–water partition coefficient (Wildman–Crippen LogP) is 9.34. The van der Waals surface area contributed by atoms with Crippen LogP contribution in [0.15, 0.2) is 54.6 Å². The van der Waals surface area contributed by atoms with Crippen molar-refractivity contribution in [3.8, 4) is 11.5 Å². The molecule has 0 radical (unpaired) electrons. The third-order valence-corrected chi connectivity index (χ3v) is 8.56. The summed E-state index contributed by atoms with van der Waals surface area (Å²) in [4.78, 5) is 17.2. The van der Waals surface area contributed by atoms with Crippen LogP contribution in [0, 0.1) is 5.92 Å². The number of methoxy groups -OCH3 is 1. The molecule has 45 heavy (non-hydrogen) atoms. The number of rotatable bonds is 20. The van der Waals surface area contributed by atoms with Gasteiger partial charge >= 0.3 is 0 Å². The highest BCUT2D eigenvalue weighted by Crippen LogP contribution is 2.33. The maximum atomic E-state index is 12.2. The van der Waals surface area contributed by atoms with Crippen molar-refractivity contribution in [1.29, 1.82) is 0 Å². The van der Waals surface area contributed by atoms with Gasteiger partial charge in [0.1, 0.15) is 0 Å². The topological polar surface area (TPSA) is 72.5 Å². The van der Waals surface area contributed by atoms with Crippen LogP contribution >= 0.6 is 0 Å². The van der Waals surface area contributed by atoms with E-state index in [1.54, 1.807) is 7.11 Å². The van der Waals surface area contributed by atoms with Crippen molar-refractivity contribution in [1.82, 2.24) is 10.3 Å². The predicted molar refractivity (Wildman–Crippen MR) is 187 cm³/mol. The molecule has 244 valence electrons. The summed E-state index contributed by atoms with van der Waals surface area (Å²) in [7, 11) is 1.67. The Kier molecular flexibility index (Phi) is 14.6. The summed E-state index contributed by atoms with van der Waals surface area (Å²) in [6, 6.07) is 14.5. The van der Waals surface area contributed by atoms with Gasteiger partial charge in [0, 0.05) is 36.3 Å². The zero-order valence-electron chi connectivity index (χ0n) is 28.0. The normalized spacial score (nSPS) is 12.9. The summed E-state index contributed by atoms with van der Waals surface area (Å²) in [5, 5.41) is 8.09. The second-order valence-corrected chi connectivity index (χ2v) is 12.7. The lowest BCUT2D eigenvalue weighted by molar-refractivity contribution is -0.121. The lowest BCUT2D eigenvalue weighted by atomic mass is 9.92. The first-order valence-corrected chi connectivity index (χ1v) is 17.4. The number of hydrogen-bond acceptors (Lipinski definition) is 5. The summed E-state index contributed by atoms with van der Waals surface area (Å²) in [5.41, 5.74) is 6.21. The molecule has 2 aromatic carbocycles. The number of amides is 1. The van der Waals surface area contributed by atoms with Gasteiger partial charge in [-0.3, -0.25) is 9.78 Å². The molecule has 0 fully saturated rings. The van der Waals surface area contributed by atoms with Gasteiger partial charge in [-0.1, -0.05) is 75.9 Å². The summed E-state index contributed by atoms with van der Waals surface area (Å²) in [6.07, 6.45) is 19.8. The molecule has 0 atom stereocenters. The molecule has 1 aromatic heterocycles. The molecule has 0 saturated carbocycles. The fourth-order valence-electron chi connectivity index (χ4n) is 6.05. The van der Waals surface area contributed by atoms with Crippen LogP contribution in [-0.4, -0.2) is 31.2 Å². The van der Waals surface area contributed by atoms with Crippen molar-refractivity contribution in [2.24, 2.45) is 5.92 Å². The third-order valence-electron chi connectivity index (χ3n) is 8.56. The first-order chi connectivity index (χ1) is 22.0. The Hall–Kier alpha value is -3.54. The molecule has 1 amide bonds. The number of para-hydroxylation sites is 1. The molecule has 2 N–H and O–H groups in total. The molecule has 1 heterocycles. The Balaban J connectivity index is 1.07. The minimum atomic E-state index is 0.0966. The maximum absolute atomic E-state index is 12.2. The lowest BCUT2D eigenvalue weighted by Crippen LogP contribution is -2.22. The number of nitrogens with zero attached hydrogens (tertiary/aromatic N) is 1. The monoisotopic (exact) mass is 613 g/mol. The number of allylic oxidation sites excluding steroid dienone is 2. The molecule has 1 aliphatic rings. The lowest BCUT2D eigenvalue weighted by Gasteiger charge is -2.21. The van der Waals surface area contributed by atoms with E-state index in [0.717, 1.165) is 74.1 Å². The minimum Gasteiger partial charge on any atom is -0.493 e. The largest absolute Gasteiger partial charge is 0.493 e. The zero-order valence-corrected chi connectivity index (χ0v) is 28.0. The van der Waals surface area contributed by atoms with Gasteiger partial charge in [0.05, 0.1) is 19.2 Å². The van der Waals surface area contributed by atoms with E-state index >= 15 is 0 Å². The number of unbranched alkanes of at least 4 members (excludes halogenated alkanes) is 7. The summed E-state index contributed by atoms with van der Waals surface area (Å²) in [5.74, 6) is 2.16. The van der Waals surface area contributed by atoms with Crippen LogP contribution in [0.1, 0.15) is 108 Å². The van der Waals surface area contributed by atoms with Crippen molar-refractivity contribution in [3.63, 3.8) is 0 Å². The van der Waals surface area contributed by atoms with Crippen LogP contribution in [0.25, 0.3) is 10.9 Å². The third kappa shape index (κ3) is 11.4. The highest BCUT2D eigenvalue weighted by Gasteiger charge is 2.17. The Labute approximate surface area is 271 Å². The number of fused-ring (bicyclic) bond motifs is 2. The fraction of sp³-hybridized carbons (Fsp3) is 0.538. The van der Waals surface area contributed by atoms with E-state index in [4.69, 9.17) is 14.5 Å². The van der Waals surface area contributed by atoms with E-state index < -0.39 is 0 Å². The molecule has 4 rings (SSSR count). The zero-order chi connectivity index (χ0) is 31.7. The van der Waals surface area contributed by atoms with Crippen LogP contribution in [0.5, 0.6) is 11.5 Å². The van der Waals surface area contributed by atoms with E-state index in [2.05, 4.69) is 60.9 Å². The van der Waals surface area contributed by atoms with Gasteiger partial charge in [-0.25, -0.2) is 0 Å². The maximum Gasteiger partial charge on any atom is 0.220 e. The van der Waals surface area contributed by atoms with Gasteiger partial charge in [-0.05, 0) is 93.0 Å². The van der Waals surface area contributed by atoms with Gasteiger partial charge in [-0.2, -0.15) is 0 Å². The Morgan fingerprint density at radius 3 is 2.58 bits per heavy atom. The molecule has 1 aliphatic carbocycles. The van der Waals surface area contributed by atoms with Gasteiger partial charge < -0.3 is 20.1 Å². The summed E-state index contributed by atoms with van der Waals surface area (Å²) in [6.45, 7) is 6.55. The van der Waals surface area contributed by atoms with E-state index in [9.17, 15) is 4.79 Å². The van der Waals surface area contributed by atoms with Gasteiger partial charge in [0.2, 0.25) is 5.91 Å². The second-order valence-electron chi connectivity index (χ2n) is 12.7. The minimum absolute atomic E-state index is 0.0966. The standard InChI is InChI=1S/C39H55N3O3/c1-30(2)18-10-6-7-11-23-38(43)41-29-31-24-25-36(37(28-31)44-3)45-27-17-9-5-4-8-16-26-40-39-32-19-12-14-21-34(32)42-35-22-15-13-20-33(35)39/h10,12,14,18-19,21,24-25,28,30H,4-9,11,13,15-17,20,22-23,26-27,29H2,1-3H3,(H,40,42)(H,41,43)/b18-10+. The van der Waals surface area contributed by atoms with Crippen molar-refractivity contribution in [2.45, 2.75) is 110 Å². The molecule has 0 saturated heterocycles. The van der Waals surface area contributed by atoms with Crippen molar-refractivity contribution in [3.05, 3.63) is 71.4 Å². The molecule has 0 bridgehead atoms. The first kappa shape index (κ1) is 34.3. The summed E-state index contributed by atoms with van der Waals surface area (Å²) < 4.78 is 11.6. The highest BCUT2D eigenvalue weighted by molar-refractivity contribution is 5.93. The van der Waals surface area contributed by atoms with Crippen LogP contribution in [0.3, 0.4) is 0 Å². The number of hydrogen-bond donors (Lipinski definition) is 2. The number of anilines is 1. The molecule has 0 spiro atoms. The molecular formula is C39H55N3O3. The number of aromatic nitrogens is 1. The molecule has 3 aromatic rings. The summed E-state index contributed by atoms with van der Waals surface area (Å²) >= 11 is 0. The number of nitrogens with one attached hydrogen (secondary N) is 2.